The molecule has 1 saturated heterocycles. The lowest BCUT2D eigenvalue weighted by Gasteiger charge is -2.22. The quantitative estimate of drug-likeness (QED) is 0.373. The van der Waals surface area contributed by atoms with Gasteiger partial charge < -0.3 is 19.8 Å². The first-order valence-corrected chi connectivity index (χ1v) is 13.3. The van der Waals surface area contributed by atoms with Gasteiger partial charge in [-0.3, -0.25) is 4.79 Å². The summed E-state index contributed by atoms with van der Waals surface area (Å²) >= 11 is 1.31. The molecule has 4 heterocycles. The van der Waals surface area contributed by atoms with Crippen molar-refractivity contribution in [3.05, 3.63) is 70.3 Å². The second kappa shape index (κ2) is 8.99. The van der Waals surface area contributed by atoms with Gasteiger partial charge in [-0.2, -0.15) is 0 Å². The first kappa shape index (κ1) is 24.7. The molecule has 4 aromatic rings. The number of pyridine rings is 1. The third-order valence-electron chi connectivity index (χ3n) is 7.14. The fourth-order valence-electron chi connectivity index (χ4n) is 4.94. The van der Waals surface area contributed by atoms with Crippen LogP contribution < -0.4 is 10.5 Å². The SMILES string of the molecule is Cc1cnc(-c2nc(C)c(C(=O)N3CC4C(C3)C4Oc3cc(C(C)(C)N)cc(-c4ccc(F)cc4)n3)s2)o1. The highest BCUT2D eigenvalue weighted by Crippen LogP contribution is 2.48. The highest BCUT2D eigenvalue weighted by Gasteiger charge is 2.59. The summed E-state index contributed by atoms with van der Waals surface area (Å²) < 4.78 is 25.4. The van der Waals surface area contributed by atoms with Gasteiger partial charge in [-0.05, 0) is 63.6 Å². The van der Waals surface area contributed by atoms with E-state index in [9.17, 15) is 9.18 Å². The van der Waals surface area contributed by atoms with Gasteiger partial charge in [-0.15, -0.1) is 11.3 Å². The molecule has 6 rings (SSSR count). The van der Waals surface area contributed by atoms with Crippen molar-refractivity contribution in [3.63, 3.8) is 0 Å². The number of oxazole rings is 1. The molecule has 10 heteroatoms. The molecule has 2 fully saturated rings. The van der Waals surface area contributed by atoms with Gasteiger partial charge >= 0.3 is 0 Å². The molecule has 3 aromatic heterocycles. The van der Waals surface area contributed by atoms with Gasteiger partial charge in [0.2, 0.25) is 5.88 Å². The van der Waals surface area contributed by atoms with Crippen molar-refractivity contribution in [3.8, 4) is 28.0 Å². The van der Waals surface area contributed by atoms with E-state index in [4.69, 9.17) is 19.9 Å². The summed E-state index contributed by atoms with van der Waals surface area (Å²) in [5.41, 5.74) is 8.81. The van der Waals surface area contributed by atoms with Gasteiger partial charge in [0, 0.05) is 42.1 Å². The Morgan fingerprint density at radius 3 is 2.50 bits per heavy atom. The van der Waals surface area contributed by atoms with Crippen molar-refractivity contribution >= 4 is 17.2 Å². The van der Waals surface area contributed by atoms with Crippen LogP contribution in [0.4, 0.5) is 4.39 Å². The van der Waals surface area contributed by atoms with Crippen LogP contribution in [0.2, 0.25) is 0 Å². The van der Waals surface area contributed by atoms with Crippen LogP contribution in [-0.2, 0) is 5.54 Å². The lowest BCUT2D eigenvalue weighted by atomic mass is 9.95. The number of fused-ring (bicyclic) bond motifs is 1. The summed E-state index contributed by atoms with van der Waals surface area (Å²) in [6.45, 7) is 8.74. The third-order valence-corrected chi connectivity index (χ3v) is 8.27. The molecule has 1 amide bonds. The van der Waals surface area contributed by atoms with Crippen molar-refractivity contribution in [1.29, 1.82) is 0 Å². The van der Waals surface area contributed by atoms with Crippen LogP contribution in [0.1, 0.15) is 40.5 Å². The summed E-state index contributed by atoms with van der Waals surface area (Å²) in [7, 11) is 0. The molecule has 2 aliphatic rings. The fourth-order valence-corrected chi connectivity index (χ4v) is 5.91. The molecule has 2 unspecified atom stereocenters. The van der Waals surface area contributed by atoms with Crippen LogP contribution in [0.5, 0.6) is 5.88 Å². The van der Waals surface area contributed by atoms with E-state index in [0.717, 1.165) is 11.1 Å². The Bertz CT molecular complexity index is 1510. The number of benzene rings is 1. The Balaban J connectivity index is 1.16. The van der Waals surface area contributed by atoms with E-state index in [1.807, 2.05) is 44.7 Å². The van der Waals surface area contributed by atoms with Crippen LogP contribution in [0.15, 0.2) is 47.0 Å². The maximum Gasteiger partial charge on any atom is 0.265 e. The normalized spacial score (nSPS) is 20.5. The number of piperidine rings is 1. The maximum atomic E-state index is 13.5. The summed E-state index contributed by atoms with van der Waals surface area (Å²) in [6.07, 6.45) is 1.63. The molecule has 1 aliphatic heterocycles. The zero-order chi connectivity index (χ0) is 26.8. The predicted molar refractivity (Wildman–Crippen MR) is 141 cm³/mol. The van der Waals surface area contributed by atoms with Crippen LogP contribution in [-0.4, -0.2) is 45.0 Å². The molecule has 1 aliphatic carbocycles. The second-order valence-electron chi connectivity index (χ2n) is 10.6. The molecule has 0 bridgehead atoms. The van der Waals surface area contributed by atoms with Crippen LogP contribution in [0.3, 0.4) is 0 Å². The smallest absolute Gasteiger partial charge is 0.265 e. The van der Waals surface area contributed by atoms with E-state index in [1.54, 1.807) is 18.3 Å². The van der Waals surface area contributed by atoms with E-state index in [1.165, 1.54) is 23.5 Å². The van der Waals surface area contributed by atoms with Crippen molar-refractivity contribution in [2.45, 2.75) is 39.3 Å². The maximum absolute atomic E-state index is 13.5. The van der Waals surface area contributed by atoms with Gasteiger partial charge in [-0.25, -0.2) is 19.3 Å². The van der Waals surface area contributed by atoms with E-state index in [0.29, 0.717) is 51.9 Å². The molecular weight excluding hydrogens is 505 g/mol. The molecule has 1 saturated carbocycles. The number of aryl methyl sites for hydroxylation is 2. The number of halogens is 1. The summed E-state index contributed by atoms with van der Waals surface area (Å²) in [4.78, 5) is 29.2. The van der Waals surface area contributed by atoms with Crippen LogP contribution in [0, 0.1) is 31.5 Å². The first-order valence-electron chi connectivity index (χ1n) is 12.5. The minimum atomic E-state index is -0.603. The Kier molecular flexibility index (Phi) is 5.84. The number of amides is 1. The topological polar surface area (TPSA) is 107 Å². The number of ether oxygens (including phenoxy) is 1. The number of carbonyl (C=O) groups is 1. The Morgan fingerprint density at radius 1 is 1.16 bits per heavy atom. The Labute approximate surface area is 223 Å². The number of thiazole rings is 1. The van der Waals surface area contributed by atoms with E-state index in [2.05, 4.69) is 9.97 Å². The largest absolute Gasteiger partial charge is 0.474 e. The number of nitrogens with zero attached hydrogens (tertiary/aromatic N) is 4. The standard InChI is InChI=1S/C28H28FN5O3S/c1-14-11-31-25(36-14)26-32-15(2)24(38-26)27(35)34-12-19-20(13-34)23(19)37-22-10-17(28(3,4)30)9-21(33-22)16-5-7-18(29)8-6-16/h5-11,19-20,23H,12-13,30H2,1-4H3. The van der Waals surface area contributed by atoms with Crippen molar-refractivity contribution in [1.82, 2.24) is 19.9 Å². The Hall–Kier alpha value is -3.63. The highest BCUT2D eigenvalue weighted by atomic mass is 32.1. The molecule has 0 spiro atoms. The summed E-state index contributed by atoms with van der Waals surface area (Å²) in [5.74, 6) is 1.78. The number of hydrogen-bond acceptors (Lipinski definition) is 8. The summed E-state index contributed by atoms with van der Waals surface area (Å²) in [5, 5.41) is 0.607. The minimum Gasteiger partial charge on any atom is -0.474 e. The molecule has 2 atom stereocenters. The monoisotopic (exact) mass is 533 g/mol. The number of likely N-dealkylation sites (tertiary alicyclic amines) is 1. The van der Waals surface area contributed by atoms with Crippen LogP contribution in [0.25, 0.3) is 22.2 Å². The summed E-state index contributed by atoms with van der Waals surface area (Å²) in [6, 6.07) is 10.00. The van der Waals surface area contributed by atoms with Gasteiger partial charge in [-0.1, -0.05) is 0 Å². The average molecular weight is 534 g/mol. The molecular formula is C28H28FN5O3S. The molecule has 8 nitrogen and oxygen atoms in total. The zero-order valence-corrected chi connectivity index (χ0v) is 22.4. The third kappa shape index (κ3) is 4.58. The lowest BCUT2D eigenvalue weighted by molar-refractivity contribution is 0.0755. The molecule has 196 valence electrons. The van der Waals surface area contributed by atoms with Gasteiger partial charge in [0.15, 0.2) is 5.01 Å². The lowest BCUT2D eigenvalue weighted by Crippen LogP contribution is -2.33. The number of carbonyl (C=O) groups excluding carboxylic acids is 1. The second-order valence-corrected chi connectivity index (χ2v) is 11.6. The van der Waals surface area contributed by atoms with Crippen molar-refractivity contribution in [2.24, 2.45) is 17.6 Å². The van der Waals surface area contributed by atoms with E-state index in [-0.39, 0.29) is 29.7 Å². The number of rotatable bonds is 6. The number of nitrogens with two attached hydrogens (primary N) is 1. The molecule has 1 aromatic carbocycles. The van der Waals surface area contributed by atoms with Gasteiger partial charge in [0.25, 0.3) is 11.8 Å². The Morgan fingerprint density at radius 2 is 1.87 bits per heavy atom. The fraction of sp³-hybridized carbons (Fsp3) is 0.357. The van der Waals surface area contributed by atoms with E-state index >= 15 is 0 Å². The van der Waals surface area contributed by atoms with Gasteiger partial charge in [0.1, 0.15) is 22.6 Å². The van der Waals surface area contributed by atoms with E-state index < -0.39 is 5.54 Å². The van der Waals surface area contributed by atoms with Crippen LogP contribution >= 0.6 is 11.3 Å². The first-order chi connectivity index (χ1) is 18.1. The predicted octanol–water partition coefficient (Wildman–Crippen LogP) is 4.96. The zero-order valence-electron chi connectivity index (χ0n) is 21.6. The van der Waals surface area contributed by atoms with Gasteiger partial charge in [0.05, 0.1) is 17.6 Å². The molecule has 38 heavy (non-hydrogen) atoms. The van der Waals surface area contributed by atoms with Crippen molar-refractivity contribution in [2.75, 3.05) is 13.1 Å². The highest BCUT2D eigenvalue weighted by molar-refractivity contribution is 7.17. The average Bonchev–Trinajstić information content (AvgIpc) is 3.31. The minimum absolute atomic E-state index is 0.0165. The number of aromatic nitrogens is 3. The van der Waals surface area contributed by atoms with Crippen molar-refractivity contribution < 1.29 is 18.3 Å². The number of hydrogen-bond donors (Lipinski definition) is 1. The molecule has 0 radical (unpaired) electrons. The molecule has 2 N–H and O–H groups in total.